The smallest absolute Gasteiger partial charge is 0.273 e. The van der Waals surface area contributed by atoms with Crippen LogP contribution in [0.3, 0.4) is 0 Å². The Morgan fingerprint density at radius 1 is 1.24 bits per heavy atom. The van der Waals surface area contributed by atoms with E-state index in [4.69, 9.17) is 0 Å². The van der Waals surface area contributed by atoms with Crippen molar-refractivity contribution in [3.63, 3.8) is 0 Å². The number of aromatic nitrogens is 3. The predicted octanol–water partition coefficient (Wildman–Crippen LogP) is 1.51. The van der Waals surface area contributed by atoms with E-state index in [0.29, 0.717) is 17.8 Å². The molecule has 1 aliphatic carbocycles. The van der Waals surface area contributed by atoms with Crippen molar-refractivity contribution in [3.05, 3.63) is 11.9 Å². The summed E-state index contributed by atoms with van der Waals surface area (Å²) in [7, 11) is 0. The first-order valence-electron chi connectivity index (χ1n) is 8.16. The number of carbonyl (C=O) groups is 1. The van der Waals surface area contributed by atoms with Gasteiger partial charge in [0.15, 0.2) is 5.69 Å². The number of hydrogen-bond acceptors (Lipinski definition) is 4. The van der Waals surface area contributed by atoms with Crippen LogP contribution in [0.25, 0.3) is 0 Å². The van der Waals surface area contributed by atoms with E-state index >= 15 is 0 Å². The minimum Gasteiger partial charge on any atom is -0.348 e. The van der Waals surface area contributed by atoms with Gasteiger partial charge in [-0.3, -0.25) is 4.79 Å². The summed E-state index contributed by atoms with van der Waals surface area (Å²) in [5.74, 6) is 0.716. The van der Waals surface area contributed by atoms with Gasteiger partial charge < -0.3 is 10.6 Å². The normalized spacial score (nSPS) is 27.5. The van der Waals surface area contributed by atoms with Crippen LogP contribution < -0.4 is 10.6 Å². The SMILES string of the molecule is CC1CCC(NC(=O)c2cn(C3CCNCC3)nn2)CC1. The third kappa shape index (κ3) is 3.61. The Kier molecular flexibility index (Phi) is 4.53. The second-order valence-electron chi connectivity index (χ2n) is 6.50. The van der Waals surface area contributed by atoms with Crippen LogP contribution in [0.2, 0.25) is 0 Å². The van der Waals surface area contributed by atoms with Gasteiger partial charge in [-0.25, -0.2) is 4.68 Å². The molecule has 1 aromatic heterocycles. The van der Waals surface area contributed by atoms with Gasteiger partial charge >= 0.3 is 0 Å². The maximum atomic E-state index is 12.3. The second kappa shape index (κ2) is 6.56. The third-order valence-electron chi connectivity index (χ3n) is 4.78. The molecule has 1 saturated heterocycles. The molecule has 0 bridgehead atoms. The molecule has 2 N–H and O–H groups in total. The van der Waals surface area contributed by atoms with Crippen molar-refractivity contribution in [2.45, 2.75) is 57.5 Å². The fourth-order valence-corrected chi connectivity index (χ4v) is 3.29. The Morgan fingerprint density at radius 2 is 1.95 bits per heavy atom. The number of piperidine rings is 1. The Balaban J connectivity index is 1.56. The van der Waals surface area contributed by atoms with Crippen molar-refractivity contribution in [1.82, 2.24) is 25.6 Å². The Morgan fingerprint density at radius 3 is 2.67 bits per heavy atom. The van der Waals surface area contributed by atoms with Gasteiger partial charge in [0.1, 0.15) is 0 Å². The molecular formula is C15H25N5O. The Hall–Kier alpha value is -1.43. The molecule has 1 aromatic rings. The van der Waals surface area contributed by atoms with Crippen molar-refractivity contribution >= 4 is 5.91 Å². The molecule has 1 aliphatic heterocycles. The van der Waals surface area contributed by atoms with Crippen molar-refractivity contribution in [1.29, 1.82) is 0 Å². The minimum atomic E-state index is -0.0743. The number of nitrogens with one attached hydrogen (secondary N) is 2. The van der Waals surface area contributed by atoms with E-state index in [-0.39, 0.29) is 5.91 Å². The van der Waals surface area contributed by atoms with Crippen molar-refractivity contribution in [2.24, 2.45) is 5.92 Å². The van der Waals surface area contributed by atoms with Gasteiger partial charge in [-0.1, -0.05) is 12.1 Å². The minimum absolute atomic E-state index is 0.0743. The van der Waals surface area contributed by atoms with Crippen LogP contribution in [0.5, 0.6) is 0 Å². The largest absolute Gasteiger partial charge is 0.348 e. The highest BCUT2D eigenvalue weighted by Gasteiger charge is 2.23. The van der Waals surface area contributed by atoms with Crippen molar-refractivity contribution < 1.29 is 4.79 Å². The van der Waals surface area contributed by atoms with Crippen LogP contribution in [-0.4, -0.2) is 40.0 Å². The van der Waals surface area contributed by atoms with Crippen LogP contribution in [-0.2, 0) is 0 Å². The standard InChI is InChI=1S/C15H25N5O/c1-11-2-4-12(5-3-11)17-15(21)14-10-20(19-18-14)13-6-8-16-9-7-13/h10-13,16H,2-9H2,1H3,(H,17,21). The first kappa shape index (κ1) is 14.5. The summed E-state index contributed by atoms with van der Waals surface area (Å²) in [6.45, 7) is 4.29. The zero-order chi connectivity index (χ0) is 14.7. The van der Waals surface area contributed by atoms with Gasteiger partial charge in [-0.2, -0.15) is 0 Å². The average Bonchev–Trinajstić information content (AvgIpc) is 3.00. The number of hydrogen-bond donors (Lipinski definition) is 2. The molecule has 21 heavy (non-hydrogen) atoms. The second-order valence-corrected chi connectivity index (χ2v) is 6.50. The van der Waals surface area contributed by atoms with Crippen LogP contribution in [0.1, 0.15) is 62.0 Å². The highest BCUT2D eigenvalue weighted by molar-refractivity contribution is 5.92. The predicted molar refractivity (Wildman–Crippen MR) is 80.0 cm³/mol. The summed E-state index contributed by atoms with van der Waals surface area (Å²) in [5, 5.41) is 14.6. The molecule has 3 rings (SSSR count). The monoisotopic (exact) mass is 291 g/mol. The van der Waals surface area contributed by atoms with Gasteiger partial charge in [0.2, 0.25) is 0 Å². The average molecular weight is 291 g/mol. The van der Waals surface area contributed by atoms with E-state index in [1.54, 1.807) is 6.20 Å². The molecule has 0 spiro atoms. The lowest BCUT2D eigenvalue weighted by Crippen LogP contribution is -2.37. The number of nitrogens with zero attached hydrogens (tertiary/aromatic N) is 3. The summed E-state index contributed by atoms with van der Waals surface area (Å²) in [6, 6.07) is 0.675. The molecule has 2 fully saturated rings. The number of carbonyl (C=O) groups excluding carboxylic acids is 1. The number of rotatable bonds is 3. The van der Waals surface area contributed by atoms with Gasteiger partial charge in [0, 0.05) is 6.04 Å². The fourth-order valence-electron chi connectivity index (χ4n) is 3.29. The molecule has 116 valence electrons. The topological polar surface area (TPSA) is 71.8 Å². The fraction of sp³-hybridized carbons (Fsp3) is 0.800. The molecule has 6 nitrogen and oxygen atoms in total. The maximum absolute atomic E-state index is 12.3. The van der Waals surface area contributed by atoms with E-state index in [2.05, 4.69) is 27.9 Å². The molecule has 6 heteroatoms. The molecule has 1 amide bonds. The van der Waals surface area contributed by atoms with E-state index in [1.165, 1.54) is 12.8 Å². The summed E-state index contributed by atoms with van der Waals surface area (Å²) < 4.78 is 1.86. The first-order valence-corrected chi connectivity index (χ1v) is 8.16. The summed E-state index contributed by atoms with van der Waals surface area (Å²) >= 11 is 0. The lowest BCUT2D eigenvalue weighted by atomic mass is 9.87. The van der Waals surface area contributed by atoms with Crippen LogP contribution in [0.15, 0.2) is 6.20 Å². The quantitative estimate of drug-likeness (QED) is 0.885. The van der Waals surface area contributed by atoms with Gasteiger partial charge in [0.25, 0.3) is 5.91 Å². The van der Waals surface area contributed by atoms with E-state index in [0.717, 1.165) is 44.7 Å². The van der Waals surface area contributed by atoms with Gasteiger partial charge in [-0.05, 0) is 57.5 Å². The summed E-state index contributed by atoms with van der Waals surface area (Å²) in [6.07, 6.45) is 8.46. The van der Waals surface area contributed by atoms with Gasteiger partial charge in [0.05, 0.1) is 12.2 Å². The van der Waals surface area contributed by atoms with Crippen molar-refractivity contribution in [2.75, 3.05) is 13.1 Å². The zero-order valence-corrected chi connectivity index (χ0v) is 12.7. The molecule has 2 heterocycles. The Labute approximate surface area is 125 Å². The van der Waals surface area contributed by atoms with Crippen LogP contribution >= 0.6 is 0 Å². The van der Waals surface area contributed by atoms with Crippen LogP contribution in [0.4, 0.5) is 0 Å². The highest BCUT2D eigenvalue weighted by Crippen LogP contribution is 2.23. The van der Waals surface area contributed by atoms with E-state index in [1.807, 2.05) is 4.68 Å². The lowest BCUT2D eigenvalue weighted by Gasteiger charge is -2.26. The van der Waals surface area contributed by atoms with Crippen molar-refractivity contribution in [3.8, 4) is 0 Å². The molecular weight excluding hydrogens is 266 g/mol. The summed E-state index contributed by atoms with van der Waals surface area (Å²) in [5.41, 5.74) is 0.451. The molecule has 0 aromatic carbocycles. The maximum Gasteiger partial charge on any atom is 0.273 e. The lowest BCUT2D eigenvalue weighted by molar-refractivity contribution is 0.0918. The van der Waals surface area contributed by atoms with E-state index in [9.17, 15) is 4.79 Å². The molecule has 0 radical (unpaired) electrons. The highest BCUT2D eigenvalue weighted by atomic mass is 16.2. The Bertz CT molecular complexity index is 472. The first-order chi connectivity index (χ1) is 10.2. The molecule has 2 aliphatic rings. The number of amides is 1. The van der Waals surface area contributed by atoms with E-state index < -0.39 is 0 Å². The van der Waals surface area contributed by atoms with Crippen LogP contribution in [0, 0.1) is 5.92 Å². The zero-order valence-electron chi connectivity index (χ0n) is 12.7. The molecule has 0 atom stereocenters. The third-order valence-corrected chi connectivity index (χ3v) is 4.78. The molecule has 0 unspecified atom stereocenters. The van der Waals surface area contributed by atoms with Gasteiger partial charge in [-0.15, -0.1) is 5.10 Å². The molecule has 1 saturated carbocycles. The summed E-state index contributed by atoms with van der Waals surface area (Å²) in [4.78, 5) is 12.3.